The molecule has 0 radical (unpaired) electrons. The van der Waals surface area contributed by atoms with Crippen LogP contribution in [0.2, 0.25) is 0 Å². The number of benzene rings is 2. The molecule has 0 bridgehead atoms. The van der Waals surface area contributed by atoms with E-state index in [0.717, 1.165) is 12.1 Å². The maximum Gasteiger partial charge on any atom is 0.416 e. The predicted octanol–water partition coefficient (Wildman–Crippen LogP) is 3.26. The smallest absolute Gasteiger partial charge is 0.233 e. The van der Waals surface area contributed by atoms with Crippen molar-refractivity contribution in [1.29, 1.82) is 0 Å². The summed E-state index contributed by atoms with van der Waals surface area (Å²) in [6.07, 6.45) is -4.41. The Balaban J connectivity index is 2.12. The van der Waals surface area contributed by atoms with E-state index in [-0.39, 0.29) is 4.90 Å². The van der Waals surface area contributed by atoms with E-state index in [1.807, 2.05) is 0 Å². The minimum Gasteiger partial charge on any atom is -0.233 e. The van der Waals surface area contributed by atoms with Crippen LogP contribution in [0.1, 0.15) is 11.3 Å². The zero-order valence-corrected chi connectivity index (χ0v) is 14.1. The highest BCUT2D eigenvalue weighted by Gasteiger charge is 2.30. The van der Waals surface area contributed by atoms with Crippen molar-refractivity contribution in [2.24, 2.45) is 0 Å². The van der Waals surface area contributed by atoms with Gasteiger partial charge in [-0.3, -0.25) is 0 Å². The van der Waals surface area contributed by atoms with Gasteiger partial charge in [-0.2, -0.15) is 18.3 Å². The van der Waals surface area contributed by atoms with Crippen LogP contribution in [-0.4, -0.2) is 25.2 Å². The molecule has 0 amide bonds. The van der Waals surface area contributed by atoms with Crippen LogP contribution in [0.4, 0.5) is 13.2 Å². The number of halogens is 3. The summed E-state index contributed by atoms with van der Waals surface area (Å²) in [5.74, 6) is 0. The summed E-state index contributed by atoms with van der Waals surface area (Å²) in [5, 5.41) is 4.93. The lowest BCUT2D eigenvalue weighted by molar-refractivity contribution is -0.137. The number of hydrogen-bond donors (Lipinski definition) is 1. The number of nitrogens with zero attached hydrogens (tertiary/aromatic N) is 2. The molecule has 5 nitrogen and oxygen atoms in total. The molecule has 0 aliphatic heterocycles. The first-order valence-electron chi connectivity index (χ1n) is 7.24. The van der Waals surface area contributed by atoms with Gasteiger partial charge < -0.3 is 0 Å². The molecule has 0 aliphatic rings. The van der Waals surface area contributed by atoms with E-state index in [1.54, 1.807) is 13.0 Å². The van der Waals surface area contributed by atoms with E-state index in [9.17, 15) is 21.6 Å². The number of aromatic nitrogens is 2. The van der Waals surface area contributed by atoms with E-state index in [1.165, 1.54) is 36.0 Å². The molecule has 3 rings (SSSR count). The monoisotopic (exact) mass is 369 g/mol. The molecule has 1 aromatic heterocycles. The van der Waals surface area contributed by atoms with Crippen LogP contribution >= 0.6 is 0 Å². The maximum atomic E-state index is 12.7. The van der Waals surface area contributed by atoms with Gasteiger partial charge in [0.2, 0.25) is 10.0 Å². The standard InChI is InChI=1S/C16H14F3N3O2S/c1-10-14-9-13(25(23,24)20-2)7-8-15(14)22(21-10)12-5-3-11(4-6-12)16(17,18)19/h3-9,20H,1-2H3. The van der Waals surface area contributed by atoms with Crippen LogP contribution in [0.15, 0.2) is 47.4 Å². The van der Waals surface area contributed by atoms with Crippen LogP contribution in [-0.2, 0) is 16.2 Å². The van der Waals surface area contributed by atoms with Gasteiger partial charge in [-0.1, -0.05) is 0 Å². The van der Waals surface area contributed by atoms with Gasteiger partial charge >= 0.3 is 6.18 Å². The Hall–Kier alpha value is -2.39. The summed E-state index contributed by atoms with van der Waals surface area (Å²) in [4.78, 5) is 0.0950. The molecule has 0 saturated heterocycles. The molecule has 0 atom stereocenters. The van der Waals surface area contributed by atoms with Crippen LogP contribution in [0, 0.1) is 6.92 Å². The molecule has 0 unspecified atom stereocenters. The van der Waals surface area contributed by atoms with E-state index in [4.69, 9.17) is 0 Å². The third-order valence-corrected chi connectivity index (χ3v) is 5.27. The van der Waals surface area contributed by atoms with Gasteiger partial charge in [0.25, 0.3) is 0 Å². The van der Waals surface area contributed by atoms with Crippen LogP contribution in [0.3, 0.4) is 0 Å². The Morgan fingerprint density at radius 3 is 2.28 bits per heavy atom. The summed E-state index contributed by atoms with van der Waals surface area (Å²) >= 11 is 0. The molecule has 132 valence electrons. The van der Waals surface area contributed by atoms with Gasteiger partial charge in [-0.05, 0) is 56.4 Å². The third kappa shape index (κ3) is 3.12. The zero-order chi connectivity index (χ0) is 18.4. The summed E-state index contributed by atoms with van der Waals surface area (Å²) in [7, 11) is -2.28. The highest BCUT2D eigenvalue weighted by molar-refractivity contribution is 7.89. The van der Waals surface area contributed by atoms with E-state index < -0.39 is 21.8 Å². The summed E-state index contributed by atoms with van der Waals surface area (Å²) < 4.78 is 65.6. The summed E-state index contributed by atoms with van der Waals surface area (Å²) in [6, 6.07) is 9.12. The van der Waals surface area contributed by atoms with Crippen LogP contribution < -0.4 is 4.72 Å². The van der Waals surface area contributed by atoms with Gasteiger partial charge in [-0.25, -0.2) is 17.8 Å². The normalized spacial score (nSPS) is 12.7. The molecule has 0 aliphatic carbocycles. The first-order chi connectivity index (χ1) is 11.6. The van der Waals surface area contributed by atoms with Gasteiger partial charge in [0, 0.05) is 5.39 Å². The Morgan fingerprint density at radius 2 is 1.72 bits per heavy atom. The molecule has 3 aromatic rings. The van der Waals surface area contributed by atoms with Crippen molar-refractivity contribution >= 4 is 20.9 Å². The maximum absolute atomic E-state index is 12.7. The van der Waals surface area contributed by atoms with Crippen molar-refractivity contribution in [3.05, 3.63) is 53.7 Å². The minimum atomic E-state index is -4.41. The second-order valence-electron chi connectivity index (χ2n) is 5.43. The molecule has 25 heavy (non-hydrogen) atoms. The summed E-state index contributed by atoms with van der Waals surface area (Å²) in [5.41, 5.74) is 0.887. The molecule has 9 heteroatoms. The third-order valence-electron chi connectivity index (χ3n) is 3.85. The van der Waals surface area contributed by atoms with E-state index in [2.05, 4.69) is 9.82 Å². The second-order valence-corrected chi connectivity index (χ2v) is 7.31. The Morgan fingerprint density at radius 1 is 1.08 bits per heavy atom. The fourth-order valence-electron chi connectivity index (χ4n) is 2.52. The molecule has 1 heterocycles. The van der Waals surface area contributed by atoms with E-state index >= 15 is 0 Å². The quantitative estimate of drug-likeness (QED) is 0.771. The van der Waals surface area contributed by atoms with Crippen molar-refractivity contribution < 1.29 is 21.6 Å². The van der Waals surface area contributed by atoms with Gasteiger partial charge in [0.15, 0.2) is 0 Å². The fraction of sp³-hybridized carbons (Fsp3) is 0.188. The Bertz CT molecular complexity index is 1040. The van der Waals surface area contributed by atoms with Crippen LogP contribution in [0.5, 0.6) is 0 Å². The number of sulfonamides is 1. The number of aryl methyl sites for hydroxylation is 1. The van der Waals surface area contributed by atoms with Gasteiger partial charge in [-0.15, -0.1) is 0 Å². The molecule has 1 N–H and O–H groups in total. The van der Waals surface area contributed by atoms with Crippen molar-refractivity contribution in [3.63, 3.8) is 0 Å². The molecular formula is C16H14F3N3O2S. The molecule has 0 spiro atoms. The highest BCUT2D eigenvalue weighted by Crippen LogP contribution is 2.30. The average Bonchev–Trinajstić information content (AvgIpc) is 2.91. The number of nitrogens with one attached hydrogen (secondary N) is 1. The fourth-order valence-corrected chi connectivity index (χ4v) is 3.28. The van der Waals surface area contributed by atoms with Gasteiger partial charge in [0.05, 0.1) is 27.4 Å². The first-order valence-corrected chi connectivity index (χ1v) is 8.72. The van der Waals surface area contributed by atoms with E-state index in [0.29, 0.717) is 22.3 Å². The summed E-state index contributed by atoms with van der Waals surface area (Å²) in [6.45, 7) is 1.71. The van der Waals surface area contributed by atoms with Gasteiger partial charge in [0.1, 0.15) is 0 Å². The lowest BCUT2D eigenvalue weighted by Crippen LogP contribution is -2.18. The zero-order valence-electron chi connectivity index (χ0n) is 13.3. The average molecular weight is 369 g/mol. The number of fused-ring (bicyclic) bond motifs is 1. The van der Waals surface area contributed by atoms with Crippen molar-refractivity contribution in [2.45, 2.75) is 18.0 Å². The van der Waals surface area contributed by atoms with Crippen molar-refractivity contribution in [2.75, 3.05) is 7.05 Å². The SMILES string of the molecule is CNS(=O)(=O)c1ccc2c(c1)c(C)nn2-c1ccc(C(F)(F)F)cc1. The Labute approximate surface area is 142 Å². The number of hydrogen-bond acceptors (Lipinski definition) is 3. The second kappa shape index (κ2) is 5.85. The number of rotatable bonds is 3. The Kier molecular flexibility index (Phi) is 4.08. The van der Waals surface area contributed by atoms with Crippen LogP contribution in [0.25, 0.3) is 16.6 Å². The first kappa shape index (κ1) is 17.4. The number of alkyl halides is 3. The topological polar surface area (TPSA) is 64.0 Å². The van der Waals surface area contributed by atoms with Crippen molar-refractivity contribution in [3.8, 4) is 5.69 Å². The molecule has 2 aromatic carbocycles. The molecule has 0 fully saturated rings. The lowest BCUT2D eigenvalue weighted by Gasteiger charge is -2.08. The molecule has 0 saturated carbocycles. The largest absolute Gasteiger partial charge is 0.416 e. The molecular weight excluding hydrogens is 355 g/mol. The lowest BCUT2D eigenvalue weighted by atomic mass is 10.2. The predicted molar refractivity (Wildman–Crippen MR) is 87.1 cm³/mol. The highest BCUT2D eigenvalue weighted by atomic mass is 32.2. The minimum absolute atomic E-state index is 0.0950. The van der Waals surface area contributed by atoms with Crippen molar-refractivity contribution in [1.82, 2.24) is 14.5 Å².